The highest BCUT2D eigenvalue weighted by atomic mass is 35.5. The Morgan fingerprint density at radius 3 is 2.46 bits per heavy atom. The molecule has 26 heavy (non-hydrogen) atoms. The molecular formula is C19H17ClN4OS. The fourth-order valence-electron chi connectivity index (χ4n) is 2.74. The molecule has 1 amide bonds. The molecule has 0 bridgehead atoms. The first kappa shape index (κ1) is 18.1. The second-order valence-corrected chi connectivity index (χ2v) is 6.60. The summed E-state index contributed by atoms with van der Waals surface area (Å²) in [6.07, 6.45) is 0. The number of benzene rings is 2. The number of anilines is 1. The van der Waals surface area contributed by atoms with Gasteiger partial charge in [0.15, 0.2) is 5.11 Å². The number of hydrogen-bond acceptors (Lipinski definition) is 3. The number of amides is 1. The zero-order valence-electron chi connectivity index (χ0n) is 14.3. The summed E-state index contributed by atoms with van der Waals surface area (Å²) in [5, 5.41) is 4.82. The quantitative estimate of drug-likeness (QED) is 0.458. The van der Waals surface area contributed by atoms with Crippen LogP contribution in [0.15, 0.2) is 48.5 Å². The van der Waals surface area contributed by atoms with Gasteiger partial charge in [0, 0.05) is 16.1 Å². The third kappa shape index (κ3) is 3.92. The second kappa shape index (κ2) is 7.68. The van der Waals surface area contributed by atoms with Crippen molar-refractivity contribution in [1.82, 2.24) is 15.8 Å². The lowest BCUT2D eigenvalue weighted by molar-refractivity contribution is 0.0942. The largest absolute Gasteiger partial charge is 0.331 e. The molecule has 0 fully saturated rings. The van der Waals surface area contributed by atoms with Gasteiger partial charge in [-0.2, -0.15) is 0 Å². The van der Waals surface area contributed by atoms with Crippen molar-refractivity contribution in [2.45, 2.75) is 13.8 Å². The number of hydrogen-bond donors (Lipinski definition) is 3. The van der Waals surface area contributed by atoms with Gasteiger partial charge in [-0.05, 0) is 62.0 Å². The van der Waals surface area contributed by atoms with E-state index in [1.165, 1.54) is 0 Å². The number of nitrogens with one attached hydrogen (secondary N) is 3. The van der Waals surface area contributed by atoms with Crippen LogP contribution in [0.4, 0.5) is 5.69 Å². The average molecular weight is 385 g/mol. The zero-order valence-corrected chi connectivity index (χ0v) is 15.8. The molecule has 0 atom stereocenters. The van der Waals surface area contributed by atoms with Crippen LogP contribution in [0.2, 0.25) is 5.02 Å². The molecule has 0 saturated carbocycles. The topological polar surface area (TPSA) is 66.0 Å². The first-order chi connectivity index (χ1) is 12.5. The van der Waals surface area contributed by atoms with Gasteiger partial charge in [0.05, 0.1) is 16.8 Å². The normalized spacial score (nSPS) is 10.4. The van der Waals surface area contributed by atoms with Crippen molar-refractivity contribution in [2.24, 2.45) is 0 Å². The predicted molar refractivity (Wildman–Crippen MR) is 109 cm³/mol. The van der Waals surface area contributed by atoms with Gasteiger partial charge >= 0.3 is 0 Å². The maximum atomic E-state index is 12.6. The Bertz CT molecular complexity index is 989. The number of carbonyl (C=O) groups is 1. The van der Waals surface area contributed by atoms with E-state index in [9.17, 15) is 4.79 Å². The lowest BCUT2D eigenvalue weighted by atomic mass is 10.0. The molecular weight excluding hydrogens is 368 g/mol. The fourth-order valence-corrected chi connectivity index (χ4v) is 3.03. The van der Waals surface area contributed by atoms with Crippen LogP contribution in [-0.2, 0) is 0 Å². The highest BCUT2D eigenvalue weighted by Gasteiger charge is 2.16. The molecule has 5 nitrogen and oxygen atoms in total. The Labute approximate surface area is 161 Å². The molecule has 7 heteroatoms. The number of thiocarbonyl (C=S) groups is 1. The maximum absolute atomic E-state index is 12.6. The summed E-state index contributed by atoms with van der Waals surface area (Å²) in [5.41, 5.74) is 9.03. The SMILES string of the molecule is Cc1nc2ccccc2c(C)c1C(=O)NNC(=S)Nc1ccc(Cl)cc1. The number of nitrogens with zero attached hydrogens (tertiary/aromatic N) is 1. The van der Waals surface area contributed by atoms with Crippen LogP contribution in [0.5, 0.6) is 0 Å². The Hall–Kier alpha value is -2.70. The van der Waals surface area contributed by atoms with Gasteiger partial charge in [-0.1, -0.05) is 29.8 Å². The summed E-state index contributed by atoms with van der Waals surface area (Å²) in [6, 6.07) is 14.8. The number of aromatic nitrogens is 1. The summed E-state index contributed by atoms with van der Waals surface area (Å²) in [4.78, 5) is 17.1. The number of pyridine rings is 1. The van der Waals surface area contributed by atoms with Crippen molar-refractivity contribution in [1.29, 1.82) is 0 Å². The van der Waals surface area contributed by atoms with Crippen molar-refractivity contribution >= 4 is 51.4 Å². The molecule has 3 N–H and O–H groups in total. The molecule has 132 valence electrons. The summed E-state index contributed by atoms with van der Waals surface area (Å²) in [5.74, 6) is -0.293. The lowest BCUT2D eigenvalue weighted by Crippen LogP contribution is -2.44. The summed E-state index contributed by atoms with van der Waals surface area (Å²) >= 11 is 11.0. The Morgan fingerprint density at radius 2 is 1.73 bits per heavy atom. The standard InChI is InChI=1S/C19H17ClN4OS/c1-11-15-5-3-4-6-16(15)21-12(2)17(11)18(25)23-24-19(26)22-14-9-7-13(20)8-10-14/h3-10H,1-2H3,(H,23,25)(H2,22,24,26). The maximum Gasteiger partial charge on any atom is 0.271 e. The number of halogens is 1. The molecule has 0 aliphatic rings. The van der Waals surface area contributed by atoms with E-state index >= 15 is 0 Å². The molecule has 0 saturated heterocycles. The van der Waals surface area contributed by atoms with Gasteiger partial charge < -0.3 is 5.32 Å². The number of hydrazine groups is 1. The van der Waals surface area contributed by atoms with E-state index in [2.05, 4.69) is 21.2 Å². The highest BCUT2D eigenvalue weighted by Crippen LogP contribution is 2.22. The van der Waals surface area contributed by atoms with Crippen LogP contribution in [0, 0.1) is 13.8 Å². The molecule has 0 aliphatic carbocycles. The molecule has 3 rings (SSSR count). The van der Waals surface area contributed by atoms with Gasteiger partial charge in [-0.25, -0.2) is 0 Å². The highest BCUT2D eigenvalue weighted by molar-refractivity contribution is 7.80. The van der Waals surface area contributed by atoms with E-state index < -0.39 is 0 Å². The fraction of sp³-hybridized carbons (Fsp3) is 0.105. The van der Waals surface area contributed by atoms with Crippen molar-refractivity contribution in [3.8, 4) is 0 Å². The molecule has 1 heterocycles. The van der Waals surface area contributed by atoms with Crippen LogP contribution < -0.4 is 16.2 Å². The van der Waals surface area contributed by atoms with E-state index in [-0.39, 0.29) is 11.0 Å². The predicted octanol–water partition coefficient (Wildman–Crippen LogP) is 4.14. The van der Waals surface area contributed by atoms with Crippen LogP contribution in [0.3, 0.4) is 0 Å². The van der Waals surface area contributed by atoms with Crippen molar-refractivity contribution in [3.05, 3.63) is 70.4 Å². The minimum Gasteiger partial charge on any atom is -0.331 e. The van der Waals surface area contributed by atoms with E-state index in [4.69, 9.17) is 23.8 Å². The van der Waals surface area contributed by atoms with Crippen molar-refractivity contribution < 1.29 is 4.79 Å². The number of aryl methyl sites for hydroxylation is 2. The van der Waals surface area contributed by atoms with Crippen LogP contribution in [-0.4, -0.2) is 16.0 Å². The molecule has 0 aliphatic heterocycles. The molecule has 2 aromatic carbocycles. The van der Waals surface area contributed by atoms with Gasteiger partial charge in [0.2, 0.25) is 0 Å². The van der Waals surface area contributed by atoms with Gasteiger partial charge in [-0.3, -0.25) is 20.6 Å². The van der Waals surface area contributed by atoms with Crippen molar-refractivity contribution in [3.63, 3.8) is 0 Å². The summed E-state index contributed by atoms with van der Waals surface area (Å²) in [6.45, 7) is 3.73. The number of carbonyl (C=O) groups excluding carboxylic acids is 1. The van der Waals surface area contributed by atoms with E-state index in [1.807, 2.05) is 38.1 Å². The van der Waals surface area contributed by atoms with Crippen LogP contribution in [0.1, 0.15) is 21.6 Å². The number of rotatable bonds is 2. The van der Waals surface area contributed by atoms with Crippen molar-refractivity contribution in [2.75, 3.05) is 5.32 Å². The van der Waals surface area contributed by atoms with E-state index in [0.717, 1.165) is 22.2 Å². The van der Waals surface area contributed by atoms with Gasteiger partial charge in [0.25, 0.3) is 5.91 Å². The molecule has 0 unspecified atom stereocenters. The third-order valence-corrected chi connectivity index (χ3v) is 4.41. The summed E-state index contributed by atoms with van der Waals surface area (Å²) in [7, 11) is 0. The van der Waals surface area contributed by atoms with Crippen LogP contribution >= 0.6 is 23.8 Å². The third-order valence-electron chi connectivity index (χ3n) is 3.95. The smallest absolute Gasteiger partial charge is 0.271 e. The monoisotopic (exact) mass is 384 g/mol. The lowest BCUT2D eigenvalue weighted by Gasteiger charge is -2.15. The minimum absolute atomic E-state index is 0.268. The molecule has 1 aromatic heterocycles. The van der Waals surface area contributed by atoms with Crippen LogP contribution in [0.25, 0.3) is 10.9 Å². The van der Waals surface area contributed by atoms with Gasteiger partial charge in [-0.15, -0.1) is 0 Å². The number of para-hydroxylation sites is 1. The van der Waals surface area contributed by atoms with E-state index in [0.29, 0.717) is 16.3 Å². The zero-order chi connectivity index (χ0) is 18.7. The Balaban J connectivity index is 1.71. The minimum atomic E-state index is -0.293. The molecule has 0 radical (unpaired) electrons. The molecule has 3 aromatic rings. The molecule has 0 spiro atoms. The average Bonchev–Trinajstić information content (AvgIpc) is 2.62. The number of fused-ring (bicyclic) bond motifs is 1. The Kier molecular flexibility index (Phi) is 5.35. The second-order valence-electron chi connectivity index (χ2n) is 5.75. The summed E-state index contributed by atoms with van der Waals surface area (Å²) < 4.78 is 0. The van der Waals surface area contributed by atoms with Gasteiger partial charge in [0.1, 0.15) is 0 Å². The first-order valence-corrected chi connectivity index (χ1v) is 8.73. The Morgan fingerprint density at radius 1 is 1.04 bits per heavy atom. The van der Waals surface area contributed by atoms with E-state index in [1.54, 1.807) is 24.3 Å². The first-order valence-electron chi connectivity index (χ1n) is 7.94.